The standard InChI is InChI=1S/C15H20N.ClH/c1-2-3-4-7-12-16-13-8-10-14-9-5-6-11-15(14)16;/h5-6,8-11,13H,2-4,7,12H2,1H3;1H/q+1;/p-1. The van der Waals surface area contributed by atoms with Gasteiger partial charge in [-0.3, -0.25) is 0 Å². The minimum Gasteiger partial charge on any atom is -1.00 e. The molecule has 2 aromatic rings. The van der Waals surface area contributed by atoms with Crippen molar-refractivity contribution in [2.75, 3.05) is 0 Å². The fourth-order valence-electron chi connectivity index (χ4n) is 2.12. The second-order valence-electron chi connectivity index (χ2n) is 4.32. The maximum atomic E-state index is 2.37. The van der Waals surface area contributed by atoms with Crippen molar-refractivity contribution in [3.8, 4) is 0 Å². The van der Waals surface area contributed by atoms with Crippen molar-refractivity contribution >= 4 is 10.9 Å². The number of unbranched alkanes of at least 4 members (excludes halogenated alkanes) is 3. The van der Waals surface area contributed by atoms with Crippen molar-refractivity contribution in [1.82, 2.24) is 0 Å². The molecule has 0 atom stereocenters. The van der Waals surface area contributed by atoms with Gasteiger partial charge in [-0.15, -0.1) is 0 Å². The monoisotopic (exact) mass is 249 g/mol. The summed E-state index contributed by atoms with van der Waals surface area (Å²) in [6.45, 7) is 3.40. The molecule has 0 amide bonds. The highest BCUT2D eigenvalue weighted by molar-refractivity contribution is 5.74. The van der Waals surface area contributed by atoms with Crippen LogP contribution >= 0.6 is 0 Å². The van der Waals surface area contributed by atoms with Crippen LogP contribution in [0.5, 0.6) is 0 Å². The fourth-order valence-corrected chi connectivity index (χ4v) is 2.12. The van der Waals surface area contributed by atoms with Crippen LogP contribution in [-0.2, 0) is 6.54 Å². The molecule has 2 heteroatoms. The molecule has 0 bridgehead atoms. The number of aromatic nitrogens is 1. The highest BCUT2D eigenvalue weighted by atomic mass is 35.5. The van der Waals surface area contributed by atoms with Gasteiger partial charge in [-0.1, -0.05) is 31.9 Å². The molecule has 0 radical (unpaired) electrons. The number of hydrogen-bond acceptors (Lipinski definition) is 0. The van der Waals surface area contributed by atoms with Gasteiger partial charge in [0.2, 0.25) is 5.52 Å². The Bertz CT molecular complexity index is 448. The lowest BCUT2D eigenvalue weighted by molar-refractivity contribution is -0.671. The summed E-state index contributed by atoms with van der Waals surface area (Å²) in [5.41, 5.74) is 1.35. The van der Waals surface area contributed by atoms with Crippen molar-refractivity contribution in [2.45, 2.75) is 39.2 Å². The summed E-state index contributed by atoms with van der Waals surface area (Å²) in [5.74, 6) is 0. The van der Waals surface area contributed by atoms with Crippen molar-refractivity contribution in [3.63, 3.8) is 0 Å². The van der Waals surface area contributed by atoms with E-state index in [0.29, 0.717) is 0 Å². The van der Waals surface area contributed by atoms with Crippen LogP contribution in [0.15, 0.2) is 42.6 Å². The molecule has 17 heavy (non-hydrogen) atoms. The second-order valence-corrected chi connectivity index (χ2v) is 4.32. The van der Waals surface area contributed by atoms with Gasteiger partial charge in [0.15, 0.2) is 6.20 Å². The predicted octanol–water partition coefficient (Wildman–Crippen LogP) is 0.712. The van der Waals surface area contributed by atoms with Gasteiger partial charge in [-0.05, 0) is 18.6 Å². The maximum Gasteiger partial charge on any atom is 0.212 e. The van der Waals surface area contributed by atoms with Gasteiger partial charge in [-0.25, -0.2) is 0 Å². The van der Waals surface area contributed by atoms with Crippen LogP contribution in [0.3, 0.4) is 0 Å². The lowest BCUT2D eigenvalue weighted by Gasteiger charge is -2.00. The number of nitrogens with zero attached hydrogens (tertiary/aromatic N) is 1. The Morgan fingerprint density at radius 1 is 0.941 bits per heavy atom. The lowest BCUT2D eigenvalue weighted by Crippen LogP contribution is -3.00. The molecular formula is C15H20ClN. The average molecular weight is 250 g/mol. The zero-order chi connectivity index (χ0) is 11.2. The number of pyridine rings is 1. The Labute approximate surface area is 110 Å². The summed E-state index contributed by atoms with van der Waals surface area (Å²) in [7, 11) is 0. The lowest BCUT2D eigenvalue weighted by atomic mass is 10.2. The number of aryl methyl sites for hydroxylation is 1. The van der Waals surface area contributed by atoms with E-state index >= 15 is 0 Å². The van der Waals surface area contributed by atoms with Crippen LogP contribution in [0.4, 0.5) is 0 Å². The molecule has 0 saturated heterocycles. The Morgan fingerprint density at radius 2 is 1.71 bits per heavy atom. The fraction of sp³-hybridized carbons (Fsp3) is 0.400. The Hall–Kier alpha value is -1.08. The molecule has 1 heterocycles. The number of hydrogen-bond donors (Lipinski definition) is 0. The van der Waals surface area contributed by atoms with Gasteiger partial charge in [0.05, 0.1) is 0 Å². The molecule has 0 N–H and O–H groups in total. The van der Waals surface area contributed by atoms with E-state index in [1.54, 1.807) is 0 Å². The normalized spacial score (nSPS) is 10.2. The molecule has 1 aromatic heterocycles. The summed E-state index contributed by atoms with van der Waals surface area (Å²) in [4.78, 5) is 0. The topological polar surface area (TPSA) is 3.88 Å². The van der Waals surface area contributed by atoms with Gasteiger partial charge < -0.3 is 12.4 Å². The Kier molecular flexibility index (Phi) is 5.99. The van der Waals surface area contributed by atoms with Crippen molar-refractivity contribution < 1.29 is 17.0 Å². The molecular weight excluding hydrogens is 230 g/mol. The third kappa shape index (κ3) is 3.71. The summed E-state index contributed by atoms with van der Waals surface area (Å²) in [6, 6.07) is 12.9. The molecule has 0 spiro atoms. The van der Waals surface area contributed by atoms with E-state index in [9.17, 15) is 0 Å². The highest BCUT2D eigenvalue weighted by Crippen LogP contribution is 2.08. The van der Waals surface area contributed by atoms with E-state index in [-0.39, 0.29) is 12.4 Å². The van der Waals surface area contributed by atoms with Gasteiger partial charge in [0, 0.05) is 23.9 Å². The first-order chi connectivity index (χ1) is 7.92. The minimum atomic E-state index is 0. The summed E-state index contributed by atoms with van der Waals surface area (Å²) < 4.78 is 2.37. The molecule has 0 aliphatic carbocycles. The van der Waals surface area contributed by atoms with Crippen LogP contribution in [0, 0.1) is 0 Å². The van der Waals surface area contributed by atoms with Gasteiger partial charge in [-0.2, -0.15) is 4.57 Å². The first-order valence-electron chi connectivity index (χ1n) is 6.29. The predicted molar refractivity (Wildman–Crippen MR) is 68.3 cm³/mol. The maximum absolute atomic E-state index is 2.37. The first kappa shape index (κ1) is 14.0. The van der Waals surface area contributed by atoms with Crippen molar-refractivity contribution in [2.24, 2.45) is 0 Å². The number of fused-ring (bicyclic) bond motifs is 1. The number of para-hydroxylation sites is 1. The number of halogens is 1. The van der Waals surface area contributed by atoms with E-state index < -0.39 is 0 Å². The van der Waals surface area contributed by atoms with Crippen LogP contribution in [0.25, 0.3) is 10.9 Å². The highest BCUT2D eigenvalue weighted by Gasteiger charge is 2.05. The number of benzene rings is 1. The Balaban J connectivity index is 0.00000144. The number of rotatable bonds is 5. The largest absolute Gasteiger partial charge is 1.00 e. The van der Waals surface area contributed by atoms with Crippen LogP contribution in [0.1, 0.15) is 32.6 Å². The van der Waals surface area contributed by atoms with Gasteiger partial charge in [0.1, 0.15) is 6.54 Å². The van der Waals surface area contributed by atoms with E-state index in [1.807, 2.05) is 0 Å². The van der Waals surface area contributed by atoms with E-state index in [4.69, 9.17) is 0 Å². The molecule has 0 saturated carbocycles. The van der Waals surface area contributed by atoms with Gasteiger partial charge in [0.25, 0.3) is 0 Å². The molecule has 2 rings (SSSR count). The molecule has 0 fully saturated rings. The second kappa shape index (κ2) is 7.29. The van der Waals surface area contributed by atoms with Crippen LogP contribution in [0.2, 0.25) is 0 Å². The van der Waals surface area contributed by atoms with Gasteiger partial charge >= 0.3 is 0 Å². The van der Waals surface area contributed by atoms with E-state index in [1.165, 1.54) is 36.6 Å². The molecule has 0 aliphatic rings. The third-order valence-corrected chi connectivity index (χ3v) is 3.04. The molecule has 92 valence electrons. The Morgan fingerprint density at radius 3 is 2.53 bits per heavy atom. The molecule has 1 nitrogen and oxygen atoms in total. The van der Waals surface area contributed by atoms with Crippen molar-refractivity contribution in [3.05, 3.63) is 42.6 Å². The smallest absolute Gasteiger partial charge is 0.212 e. The zero-order valence-corrected chi connectivity index (χ0v) is 11.2. The minimum absolute atomic E-state index is 0. The zero-order valence-electron chi connectivity index (χ0n) is 10.4. The van der Waals surface area contributed by atoms with Crippen molar-refractivity contribution in [1.29, 1.82) is 0 Å². The third-order valence-electron chi connectivity index (χ3n) is 3.04. The van der Waals surface area contributed by atoms with E-state index in [0.717, 1.165) is 6.54 Å². The van der Waals surface area contributed by atoms with Crippen LogP contribution < -0.4 is 17.0 Å². The molecule has 0 aliphatic heterocycles. The summed E-state index contributed by atoms with van der Waals surface area (Å²) in [5, 5.41) is 1.33. The summed E-state index contributed by atoms with van der Waals surface area (Å²) >= 11 is 0. The summed E-state index contributed by atoms with van der Waals surface area (Å²) in [6.07, 6.45) is 7.47. The van der Waals surface area contributed by atoms with Crippen LogP contribution in [-0.4, -0.2) is 0 Å². The SMILES string of the molecule is CCCCCC[n+]1cccc2ccccc21.[Cl-]. The molecule has 0 unspecified atom stereocenters. The quantitative estimate of drug-likeness (QED) is 0.543. The molecule has 1 aromatic carbocycles. The first-order valence-corrected chi connectivity index (χ1v) is 6.29. The van der Waals surface area contributed by atoms with E-state index in [2.05, 4.69) is 54.1 Å². The average Bonchev–Trinajstić information content (AvgIpc) is 2.35.